The Balaban J connectivity index is 2.18. The van der Waals surface area contributed by atoms with E-state index in [4.69, 9.17) is 16.3 Å². The summed E-state index contributed by atoms with van der Waals surface area (Å²) in [6, 6.07) is 13.6. The zero-order chi connectivity index (χ0) is 12.1. The van der Waals surface area contributed by atoms with Crippen molar-refractivity contribution in [2.75, 3.05) is 0 Å². The van der Waals surface area contributed by atoms with Gasteiger partial charge in [-0.1, -0.05) is 23.7 Å². The van der Waals surface area contributed by atoms with Crippen LogP contribution in [0.3, 0.4) is 0 Å². The van der Waals surface area contributed by atoms with Crippen LogP contribution in [-0.4, -0.2) is 4.98 Å². The van der Waals surface area contributed by atoms with Gasteiger partial charge >= 0.3 is 0 Å². The molecule has 0 amide bonds. The number of aromatic nitrogens is 1. The van der Waals surface area contributed by atoms with E-state index in [2.05, 4.69) is 11.1 Å². The van der Waals surface area contributed by atoms with Crippen molar-refractivity contribution in [3.05, 3.63) is 53.7 Å². The van der Waals surface area contributed by atoms with Gasteiger partial charge in [-0.05, 0) is 35.7 Å². The van der Waals surface area contributed by atoms with Crippen LogP contribution in [0, 0.1) is 0 Å². The molecule has 1 aliphatic heterocycles. The minimum Gasteiger partial charge on any atom is -0.456 e. The molecule has 0 spiro atoms. The number of halogens is 1. The molecule has 0 saturated heterocycles. The molecule has 2 heterocycles. The summed E-state index contributed by atoms with van der Waals surface area (Å²) in [5, 5.41) is 2.87. The van der Waals surface area contributed by atoms with Crippen LogP contribution in [0.4, 0.5) is 0 Å². The fraction of sp³-hybridized carbons (Fsp3) is 0. The summed E-state index contributed by atoms with van der Waals surface area (Å²) < 4.78 is 5.91. The van der Waals surface area contributed by atoms with Crippen molar-refractivity contribution in [1.82, 2.24) is 4.98 Å². The van der Waals surface area contributed by atoms with Crippen LogP contribution in [0.1, 0.15) is 0 Å². The lowest BCUT2D eigenvalue weighted by Crippen LogP contribution is -1.98. The number of ether oxygens (including phenoxy) is 1. The molecule has 4 rings (SSSR count). The molecule has 0 aliphatic carbocycles. The topological polar surface area (TPSA) is 22.1 Å². The summed E-state index contributed by atoms with van der Waals surface area (Å²) >= 11 is 6.06. The summed E-state index contributed by atoms with van der Waals surface area (Å²) in [4.78, 5) is 4.48. The van der Waals surface area contributed by atoms with Crippen molar-refractivity contribution in [2.45, 2.75) is 0 Å². The van der Waals surface area contributed by atoms with E-state index in [-0.39, 0.29) is 0 Å². The van der Waals surface area contributed by atoms with E-state index in [1.807, 2.05) is 42.6 Å². The van der Waals surface area contributed by atoms with Crippen molar-refractivity contribution >= 4 is 22.4 Å². The van der Waals surface area contributed by atoms with Crippen molar-refractivity contribution in [3.63, 3.8) is 0 Å². The summed E-state index contributed by atoms with van der Waals surface area (Å²) in [5.74, 6) is 1.66. The second kappa shape index (κ2) is 3.47. The van der Waals surface area contributed by atoms with E-state index < -0.39 is 0 Å². The van der Waals surface area contributed by atoms with E-state index in [0.29, 0.717) is 5.02 Å². The van der Waals surface area contributed by atoms with Gasteiger partial charge in [-0.2, -0.15) is 0 Å². The van der Waals surface area contributed by atoms with Crippen LogP contribution in [0.5, 0.6) is 11.5 Å². The number of hydrogen-bond donors (Lipinski definition) is 0. The first-order chi connectivity index (χ1) is 8.83. The van der Waals surface area contributed by atoms with Gasteiger partial charge in [0.2, 0.25) is 0 Å². The van der Waals surface area contributed by atoms with Crippen LogP contribution in [0.25, 0.3) is 22.0 Å². The van der Waals surface area contributed by atoms with Crippen LogP contribution >= 0.6 is 11.6 Å². The monoisotopic (exact) mass is 253 g/mol. The van der Waals surface area contributed by atoms with Gasteiger partial charge in [0.05, 0.1) is 11.1 Å². The molecule has 0 bridgehead atoms. The normalized spacial score (nSPS) is 12.1. The first kappa shape index (κ1) is 9.92. The lowest BCUT2D eigenvalue weighted by atomic mass is 10.0. The predicted molar refractivity (Wildman–Crippen MR) is 72.3 cm³/mol. The molecule has 0 N–H and O–H groups in total. The highest BCUT2D eigenvalue weighted by molar-refractivity contribution is 6.31. The third kappa shape index (κ3) is 1.27. The van der Waals surface area contributed by atoms with Gasteiger partial charge in [0.15, 0.2) is 0 Å². The Labute approximate surface area is 109 Å². The van der Waals surface area contributed by atoms with Crippen LogP contribution in [0.15, 0.2) is 48.7 Å². The molecular formula is C15H8ClNO. The standard InChI is InChI=1S/C15H8ClNO/c16-10-4-5-12-11(8-10)15-14-9(6-7-17-15)2-1-3-13(14)18-12/h1-8H. The Hall–Kier alpha value is -2.06. The minimum absolute atomic E-state index is 0.690. The van der Waals surface area contributed by atoms with Gasteiger partial charge in [-0.3, -0.25) is 4.98 Å². The first-order valence-corrected chi connectivity index (χ1v) is 6.06. The molecule has 3 aromatic rings. The maximum atomic E-state index is 6.06. The van der Waals surface area contributed by atoms with Crippen molar-refractivity contribution in [2.24, 2.45) is 0 Å². The van der Waals surface area contributed by atoms with Gasteiger partial charge in [0.25, 0.3) is 0 Å². The van der Waals surface area contributed by atoms with Crippen LogP contribution < -0.4 is 4.74 Å². The number of rotatable bonds is 0. The number of pyridine rings is 1. The van der Waals surface area contributed by atoms with Gasteiger partial charge in [-0.25, -0.2) is 0 Å². The summed E-state index contributed by atoms with van der Waals surface area (Å²) in [6.07, 6.45) is 1.82. The zero-order valence-electron chi connectivity index (χ0n) is 9.35. The molecule has 0 saturated carbocycles. The molecule has 0 radical (unpaired) electrons. The summed E-state index contributed by atoms with van der Waals surface area (Å²) in [6.45, 7) is 0. The number of hydrogen-bond acceptors (Lipinski definition) is 2. The lowest BCUT2D eigenvalue weighted by molar-refractivity contribution is 0.486. The molecule has 3 heteroatoms. The largest absolute Gasteiger partial charge is 0.456 e. The maximum Gasteiger partial charge on any atom is 0.137 e. The second-order valence-corrected chi connectivity index (χ2v) is 4.69. The fourth-order valence-corrected chi connectivity index (χ4v) is 2.55. The van der Waals surface area contributed by atoms with E-state index in [0.717, 1.165) is 33.5 Å². The molecule has 0 atom stereocenters. The van der Waals surface area contributed by atoms with E-state index >= 15 is 0 Å². The van der Waals surface area contributed by atoms with E-state index in [9.17, 15) is 0 Å². The molecule has 1 aromatic heterocycles. The zero-order valence-corrected chi connectivity index (χ0v) is 10.1. The first-order valence-electron chi connectivity index (χ1n) is 5.68. The second-order valence-electron chi connectivity index (χ2n) is 4.26. The van der Waals surface area contributed by atoms with Crippen molar-refractivity contribution in [1.29, 1.82) is 0 Å². The lowest BCUT2D eigenvalue weighted by Gasteiger charge is -2.20. The highest BCUT2D eigenvalue weighted by Crippen LogP contribution is 2.45. The number of nitrogens with zero attached hydrogens (tertiary/aromatic N) is 1. The average Bonchev–Trinajstić information content (AvgIpc) is 2.40. The molecular weight excluding hydrogens is 246 g/mol. The maximum absolute atomic E-state index is 6.06. The Bertz CT molecular complexity index is 777. The van der Waals surface area contributed by atoms with Gasteiger partial charge in [-0.15, -0.1) is 0 Å². The summed E-state index contributed by atoms with van der Waals surface area (Å²) in [5.41, 5.74) is 1.89. The SMILES string of the molecule is Clc1ccc2c(c1)-c1nccc3cccc(c13)O2. The number of fused-ring (bicyclic) bond motifs is 2. The van der Waals surface area contributed by atoms with Gasteiger partial charge in [0.1, 0.15) is 11.5 Å². The molecule has 1 aliphatic rings. The van der Waals surface area contributed by atoms with E-state index in [1.54, 1.807) is 0 Å². The third-order valence-corrected chi connectivity index (χ3v) is 3.40. The van der Waals surface area contributed by atoms with Crippen molar-refractivity contribution < 1.29 is 4.74 Å². The minimum atomic E-state index is 0.690. The Morgan fingerprint density at radius 2 is 1.94 bits per heavy atom. The number of benzene rings is 2. The fourth-order valence-electron chi connectivity index (χ4n) is 2.38. The third-order valence-electron chi connectivity index (χ3n) is 3.17. The molecule has 2 aromatic carbocycles. The van der Waals surface area contributed by atoms with Crippen molar-refractivity contribution in [3.8, 4) is 22.8 Å². The molecule has 18 heavy (non-hydrogen) atoms. The van der Waals surface area contributed by atoms with Crippen LogP contribution in [-0.2, 0) is 0 Å². The predicted octanol–water partition coefficient (Wildman–Crippen LogP) is 4.66. The van der Waals surface area contributed by atoms with Crippen LogP contribution in [0.2, 0.25) is 5.02 Å². The quantitative estimate of drug-likeness (QED) is 0.455. The smallest absolute Gasteiger partial charge is 0.137 e. The highest BCUT2D eigenvalue weighted by Gasteiger charge is 2.20. The van der Waals surface area contributed by atoms with E-state index in [1.165, 1.54) is 0 Å². The highest BCUT2D eigenvalue weighted by atomic mass is 35.5. The molecule has 2 nitrogen and oxygen atoms in total. The average molecular weight is 254 g/mol. The Morgan fingerprint density at radius 3 is 2.89 bits per heavy atom. The molecule has 0 unspecified atom stereocenters. The molecule has 86 valence electrons. The van der Waals surface area contributed by atoms with Gasteiger partial charge in [0, 0.05) is 16.8 Å². The Morgan fingerprint density at radius 1 is 1.00 bits per heavy atom. The molecule has 0 fully saturated rings. The Kier molecular flexibility index (Phi) is 1.91. The summed E-state index contributed by atoms with van der Waals surface area (Å²) in [7, 11) is 0. The van der Waals surface area contributed by atoms with Gasteiger partial charge < -0.3 is 4.74 Å².